The summed E-state index contributed by atoms with van der Waals surface area (Å²) in [4.78, 5) is 24.3. The zero-order chi connectivity index (χ0) is 51.5. The van der Waals surface area contributed by atoms with Gasteiger partial charge >= 0.3 is 5.97 Å². The average molecular weight is 1020 g/mol. The summed E-state index contributed by atoms with van der Waals surface area (Å²) in [5, 5.41) is 194. The van der Waals surface area contributed by atoms with Crippen molar-refractivity contribution >= 4 is 11.9 Å². The number of ether oxygens (including phenoxy) is 10. The largest absolute Gasteiger partial charge is 0.479 e. The van der Waals surface area contributed by atoms with Gasteiger partial charge in [-0.1, -0.05) is 0 Å². The second-order valence-electron chi connectivity index (χ2n) is 17.3. The van der Waals surface area contributed by atoms with Crippen molar-refractivity contribution in [2.24, 2.45) is 0 Å². The highest BCUT2D eigenvalue weighted by Crippen LogP contribution is 2.37. The lowest BCUT2D eigenvalue weighted by molar-refractivity contribution is -0.406. The number of carbonyl (C=O) groups is 2. The minimum atomic E-state index is -2.41. The van der Waals surface area contributed by atoms with Crippen LogP contribution in [0, 0.1) is 0 Å². The Labute approximate surface area is 391 Å². The van der Waals surface area contributed by atoms with Crippen LogP contribution in [0.2, 0.25) is 0 Å². The summed E-state index contributed by atoms with van der Waals surface area (Å²) in [6.45, 7) is -0.860. The molecule has 0 radical (unpaired) electrons. The van der Waals surface area contributed by atoms with Crippen LogP contribution in [0.15, 0.2) is 0 Å². The molecule has 1 amide bonds. The first kappa shape index (κ1) is 57.8. The van der Waals surface area contributed by atoms with Crippen molar-refractivity contribution in [3.05, 3.63) is 0 Å². The first-order valence-electron chi connectivity index (χ1n) is 21.7. The Balaban J connectivity index is 1.54. The number of carbonyl (C=O) groups excluding carboxylic acids is 1. The van der Waals surface area contributed by atoms with Gasteiger partial charge in [0.2, 0.25) is 5.91 Å². The number of amides is 1. The molecule has 402 valence electrons. The average Bonchev–Trinajstić information content (AvgIpc) is 3.31. The molecular formula is C38H65NO30. The second kappa shape index (κ2) is 24.7. The first-order valence-corrected chi connectivity index (χ1v) is 21.7. The van der Waals surface area contributed by atoms with E-state index in [2.05, 4.69) is 5.32 Å². The van der Waals surface area contributed by atoms with E-state index in [1.54, 1.807) is 0 Å². The van der Waals surface area contributed by atoms with E-state index in [1.807, 2.05) is 0 Å². The zero-order valence-electron chi connectivity index (χ0n) is 37.0. The lowest BCUT2D eigenvalue weighted by Gasteiger charge is -2.50. The number of carboxylic acids is 1. The summed E-state index contributed by atoms with van der Waals surface area (Å²) in [7, 11) is 0. The molecule has 0 aromatic heterocycles. The maximum absolute atomic E-state index is 12.1. The van der Waals surface area contributed by atoms with E-state index >= 15 is 0 Å². The van der Waals surface area contributed by atoms with Crippen LogP contribution < -0.4 is 5.32 Å². The van der Waals surface area contributed by atoms with E-state index in [1.165, 1.54) is 13.8 Å². The topological polar surface area (TPSA) is 503 Å². The Morgan fingerprint density at radius 2 is 0.971 bits per heavy atom. The van der Waals surface area contributed by atoms with Gasteiger partial charge in [-0.2, -0.15) is 0 Å². The Morgan fingerprint density at radius 1 is 0.507 bits per heavy atom. The normalized spacial score (nSPS) is 47.2. The quantitative estimate of drug-likeness (QED) is 0.0571. The van der Waals surface area contributed by atoms with Crippen molar-refractivity contribution in [2.45, 2.75) is 199 Å². The molecule has 19 N–H and O–H groups in total. The summed E-state index contributed by atoms with van der Waals surface area (Å²) in [5.74, 6) is -2.69. The number of carboxylic acid groups (broad SMARTS) is 1. The molecule has 5 fully saturated rings. The van der Waals surface area contributed by atoms with Crippen molar-refractivity contribution in [2.75, 3.05) is 26.4 Å². The van der Waals surface area contributed by atoms with E-state index in [4.69, 9.17) is 47.4 Å². The maximum Gasteiger partial charge on any atom is 0.335 e. The van der Waals surface area contributed by atoms with E-state index in [0.717, 1.165) is 6.92 Å². The number of rotatable bonds is 19. The predicted octanol–water partition coefficient (Wildman–Crippen LogP) is -12.2. The van der Waals surface area contributed by atoms with Crippen LogP contribution in [-0.2, 0) is 57.0 Å². The fourth-order valence-electron chi connectivity index (χ4n) is 8.33. The van der Waals surface area contributed by atoms with E-state index in [9.17, 15) is 102 Å². The predicted molar refractivity (Wildman–Crippen MR) is 211 cm³/mol. The van der Waals surface area contributed by atoms with Crippen molar-refractivity contribution in [1.82, 2.24) is 5.32 Å². The van der Waals surface area contributed by atoms with E-state index in [-0.39, 0.29) is 0 Å². The van der Waals surface area contributed by atoms with Gasteiger partial charge in [-0.15, -0.1) is 0 Å². The van der Waals surface area contributed by atoms with Gasteiger partial charge in [0.1, 0.15) is 122 Å². The molecule has 69 heavy (non-hydrogen) atoms. The van der Waals surface area contributed by atoms with Crippen LogP contribution in [0.5, 0.6) is 0 Å². The van der Waals surface area contributed by atoms with Gasteiger partial charge in [0.05, 0.1) is 44.7 Å². The fourth-order valence-corrected chi connectivity index (χ4v) is 8.33. The number of aliphatic hydroxyl groups is 17. The lowest BCUT2D eigenvalue weighted by atomic mass is 9.95. The van der Waals surface area contributed by atoms with Crippen LogP contribution in [-0.4, -0.2) is 308 Å². The number of nitrogens with one attached hydrogen (secondary N) is 1. The molecular weight excluding hydrogens is 950 g/mol. The molecule has 31 heteroatoms. The molecule has 29 atom stereocenters. The van der Waals surface area contributed by atoms with Crippen LogP contribution in [0.25, 0.3) is 0 Å². The van der Waals surface area contributed by atoms with Crippen LogP contribution in [0.1, 0.15) is 20.8 Å². The summed E-state index contributed by atoms with van der Waals surface area (Å²) in [6.07, 6.45) is -57.0. The van der Waals surface area contributed by atoms with Crippen molar-refractivity contribution in [3.63, 3.8) is 0 Å². The highest BCUT2D eigenvalue weighted by atomic mass is 16.8. The molecule has 5 heterocycles. The molecule has 5 aliphatic heterocycles. The van der Waals surface area contributed by atoms with Crippen molar-refractivity contribution in [3.8, 4) is 0 Å². The molecule has 5 aliphatic rings. The third-order valence-corrected chi connectivity index (χ3v) is 12.4. The minimum Gasteiger partial charge on any atom is -0.479 e. The van der Waals surface area contributed by atoms with Gasteiger partial charge in [0, 0.05) is 6.92 Å². The molecule has 31 nitrogen and oxygen atoms in total. The van der Waals surface area contributed by atoms with Gasteiger partial charge in [-0.25, -0.2) is 4.79 Å². The summed E-state index contributed by atoms with van der Waals surface area (Å²) in [6, 6.07) is -1.65. The molecule has 0 saturated carbocycles. The maximum atomic E-state index is 12.1. The van der Waals surface area contributed by atoms with Gasteiger partial charge in [0.25, 0.3) is 0 Å². The molecule has 0 aromatic rings. The van der Waals surface area contributed by atoms with Crippen LogP contribution in [0.3, 0.4) is 0 Å². The summed E-state index contributed by atoms with van der Waals surface area (Å²) in [5.41, 5.74) is 0. The highest BCUT2D eigenvalue weighted by molar-refractivity contribution is 5.73. The summed E-state index contributed by atoms with van der Waals surface area (Å²) < 4.78 is 57.2. The van der Waals surface area contributed by atoms with Gasteiger partial charge in [-0.3, -0.25) is 4.79 Å². The number of aliphatic hydroxyl groups excluding tert-OH is 17. The van der Waals surface area contributed by atoms with Gasteiger partial charge in [0.15, 0.2) is 37.6 Å². The zero-order valence-corrected chi connectivity index (χ0v) is 37.0. The Kier molecular flexibility index (Phi) is 20.7. The SMILES string of the molecule is CC(=O)N[C@@H](CO)[C@@H](O[C@@H]1O[C@H](CO)[C@H](O)[C@H](O[C@@H]2O[C@H](CO)[C@H](O)[C@H](O[C@@H]3O[C@H](C(=O)O)[C@@H](O)[C@H](O)[C@H]3O[C@@H]3O[C@@H](C)[C@@H](O)[C@@H](O)[C@@H]3O)[C@H]2O)[C@H]1O[C@@H]1O[C@@H](C)[C@@H](O)[C@@H](O)[C@@H]1O)[C@@H](O)[C@H](O)CO. The lowest BCUT2D eigenvalue weighted by Crippen LogP contribution is -2.69. The third-order valence-electron chi connectivity index (χ3n) is 12.4. The second-order valence-corrected chi connectivity index (χ2v) is 17.3. The molecule has 0 aliphatic carbocycles. The van der Waals surface area contributed by atoms with E-state index < -0.39 is 216 Å². The molecule has 5 saturated heterocycles. The molecule has 0 aromatic carbocycles. The molecule has 0 unspecified atom stereocenters. The van der Waals surface area contributed by atoms with Crippen molar-refractivity contribution < 1.29 is 149 Å². The van der Waals surface area contributed by atoms with E-state index in [0.29, 0.717) is 0 Å². The fraction of sp³-hybridized carbons (Fsp3) is 0.947. The number of hydrogen-bond acceptors (Lipinski definition) is 29. The Bertz CT molecular complexity index is 1620. The van der Waals surface area contributed by atoms with Crippen molar-refractivity contribution in [1.29, 1.82) is 0 Å². The van der Waals surface area contributed by atoms with Crippen LogP contribution >= 0.6 is 0 Å². The highest BCUT2D eigenvalue weighted by Gasteiger charge is 2.58. The number of hydrogen-bond donors (Lipinski definition) is 19. The van der Waals surface area contributed by atoms with Gasteiger partial charge in [-0.05, 0) is 13.8 Å². The monoisotopic (exact) mass is 1020 g/mol. The Morgan fingerprint density at radius 3 is 1.45 bits per heavy atom. The minimum absolute atomic E-state index is 0.814. The molecule has 0 bridgehead atoms. The number of aliphatic carboxylic acids is 1. The van der Waals surface area contributed by atoms with Gasteiger partial charge < -0.3 is 145 Å². The molecule has 0 spiro atoms. The summed E-state index contributed by atoms with van der Waals surface area (Å²) >= 11 is 0. The Hall–Kier alpha value is -2.14. The first-order chi connectivity index (χ1) is 32.4. The molecule has 5 rings (SSSR count). The standard InChI is InChI=1S/C38H65NO30/c1-8-15(46)20(51)24(55)34(60-8)68-31-23(54)22(53)30(33(58)59)67-37(31)65-28-18(49)13(6-42)62-36(26(28)57)66-29-19(50)14(7-43)63-38(32(29)69-35-25(56)21(52)16(47)9(2)61-35)64-27(17(48)12(45)5-41)11(4-40)39-10(3)44/h8-9,11-32,34-38,40-43,45-57H,4-7H2,1-3H3,(H,39,44)(H,58,59)/t8-,9-,11-,12+,13+,14+,15+,16+,17-,18-,19-,20+,21+,22-,23-,24-,25-,26+,27+,28-,29-,30-,31+,32+,34-,35-,36-,37+,38-/m0/s1. The third kappa shape index (κ3) is 12.6. The smallest absolute Gasteiger partial charge is 0.335 e. The van der Waals surface area contributed by atoms with Crippen LogP contribution in [0.4, 0.5) is 0 Å².